The highest BCUT2D eigenvalue weighted by molar-refractivity contribution is 6.33. The summed E-state index contributed by atoms with van der Waals surface area (Å²) in [6, 6.07) is 15.2. The molecule has 4 amide bonds. The van der Waals surface area contributed by atoms with Crippen LogP contribution in [-0.4, -0.2) is 35.8 Å². The summed E-state index contributed by atoms with van der Waals surface area (Å²) >= 11 is 12.8. The minimum atomic E-state index is -0.712. The highest BCUT2D eigenvalue weighted by Gasteiger charge is 2.61. The zero-order valence-electron chi connectivity index (χ0n) is 25.9. The summed E-state index contributed by atoms with van der Waals surface area (Å²) in [5.74, 6) is -4.62. The van der Waals surface area contributed by atoms with Gasteiger partial charge in [0.1, 0.15) is 0 Å². The van der Waals surface area contributed by atoms with Crippen molar-refractivity contribution in [3.63, 3.8) is 0 Å². The largest absolute Gasteiger partial charge is 0.504 e. The van der Waals surface area contributed by atoms with E-state index in [1.165, 1.54) is 23.0 Å². The number of phenols is 1. The number of carbonyl (C=O) groups excluding carboxylic acids is 4. The van der Waals surface area contributed by atoms with Gasteiger partial charge in [0.25, 0.3) is 0 Å². The topological polar surface area (TPSA) is 104 Å². The van der Waals surface area contributed by atoms with Crippen molar-refractivity contribution in [2.75, 3.05) is 16.9 Å². The molecule has 47 heavy (non-hydrogen) atoms. The highest BCUT2D eigenvalue weighted by atomic mass is 35.5. The first-order chi connectivity index (χ1) is 22.5. The first-order valence-corrected chi connectivity index (χ1v) is 16.3. The Bertz CT molecular complexity index is 1940. The van der Waals surface area contributed by atoms with Crippen molar-refractivity contribution in [2.24, 2.45) is 35.5 Å². The first kappa shape index (κ1) is 31.2. The number of aromatic hydroxyl groups is 1. The van der Waals surface area contributed by atoms with Gasteiger partial charge in [-0.05, 0) is 85.7 Å². The lowest BCUT2D eigenvalue weighted by atomic mass is 9.58. The number of halogens is 2. The van der Waals surface area contributed by atoms with E-state index in [1.54, 1.807) is 48.5 Å². The van der Waals surface area contributed by atoms with Gasteiger partial charge < -0.3 is 9.84 Å². The molecule has 4 aliphatic rings. The van der Waals surface area contributed by atoms with Crippen molar-refractivity contribution < 1.29 is 29.0 Å². The maximum Gasteiger partial charge on any atom is 0.238 e. The lowest BCUT2D eigenvalue weighted by Crippen LogP contribution is -2.43. The molecule has 6 atom stereocenters. The van der Waals surface area contributed by atoms with Gasteiger partial charge in [0.2, 0.25) is 23.6 Å². The maximum atomic E-state index is 14.2. The van der Waals surface area contributed by atoms with Crippen LogP contribution in [0.3, 0.4) is 0 Å². The van der Waals surface area contributed by atoms with Crippen molar-refractivity contribution in [1.29, 1.82) is 0 Å². The Morgan fingerprint density at radius 2 is 1.36 bits per heavy atom. The summed E-state index contributed by atoms with van der Waals surface area (Å²) in [7, 11) is 1.46. The van der Waals surface area contributed by atoms with Crippen LogP contribution >= 0.6 is 23.2 Å². The monoisotopic (exact) mass is 670 g/mol. The first-order valence-electron chi connectivity index (χ1n) is 15.5. The van der Waals surface area contributed by atoms with E-state index >= 15 is 0 Å². The molecule has 3 aromatic carbocycles. The number of phenolic OH excluding ortho intramolecular Hbond substituents is 1. The molecule has 2 heterocycles. The molecular formula is C37H32Cl2N2O6. The summed E-state index contributed by atoms with van der Waals surface area (Å²) in [5, 5.41) is 11.0. The second kappa shape index (κ2) is 11.7. The molecule has 3 aromatic rings. The van der Waals surface area contributed by atoms with Gasteiger partial charge in [0, 0.05) is 16.0 Å². The van der Waals surface area contributed by atoms with E-state index < -0.39 is 35.5 Å². The molecule has 0 bridgehead atoms. The van der Waals surface area contributed by atoms with Gasteiger partial charge in [-0.25, -0.2) is 9.80 Å². The van der Waals surface area contributed by atoms with E-state index in [0.29, 0.717) is 33.6 Å². The zero-order chi connectivity index (χ0) is 33.3. The zero-order valence-corrected chi connectivity index (χ0v) is 27.5. The van der Waals surface area contributed by atoms with Crippen molar-refractivity contribution in [3.05, 3.63) is 99.1 Å². The van der Waals surface area contributed by atoms with Crippen LogP contribution in [0.4, 0.5) is 11.4 Å². The molecule has 7 rings (SSSR count). The van der Waals surface area contributed by atoms with Gasteiger partial charge in [-0.15, -0.1) is 0 Å². The number of ether oxygens (including phenoxy) is 1. The summed E-state index contributed by atoms with van der Waals surface area (Å²) in [5.41, 5.74) is 4.08. The van der Waals surface area contributed by atoms with Crippen LogP contribution < -0.4 is 14.5 Å². The van der Waals surface area contributed by atoms with E-state index in [-0.39, 0.29) is 35.8 Å². The summed E-state index contributed by atoms with van der Waals surface area (Å²) in [6.07, 6.45) is 6.33. The molecular weight excluding hydrogens is 639 g/mol. The number of anilines is 2. The van der Waals surface area contributed by atoms with Gasteiger partial charge >= 0.3 is 0 Å². The fourth-order valence-electron chi connectivity index (χ4n) is 7.81. The van der Waals surface area contributed by atoms with Gasteiger partial charge in [0.05, 0.1) is 42.2 Å². The molecule has 10 heteroatoms. The number of allylic oxidation sites excluding steroid dienone is 3. The molecule has 0 aromatic heterocycles. The van der Waals surface area contributed by atoms with Crippen LogP contribution in [0.5, 0.6) is 11.5 Å². The number of rotatable bonds is 5. The molecule has 0 unspecified atom stereocenters. The molecule has 2 aliphatic heterocycles. The number of imide groups is 2. The third kappa shape index (κ3) is 4.97. The van der Waals surface area contributed by atoms with Crippen LogP contribution in [-0.2, 0) is 19.2 Å². The molecule has 8 nitrogen and oxygen atoms in total. The number of benzene rings is 3. The maximum absolute atomic E-state index is 14.2. The van der Waals surface area contributed by atoms with Crippen molar-refractivity contribution in [3.8, 4) is 11.5 Å². The highest BCUT2D eigenvalue weighted by Crippen LogP contribution is 2.56. The predicted octanol–water partition coefficient (Wildman–Crippen LogP) is 6.92. The molecule has 3 fully saturated rings. The van der Waals surface area contributed by atoms with Crippen molar-refractivity contribution >= 4 is 64.3 Å². The SMILES string of the molecule is COc1cc(C=C[C@H]2C3=CC[C@@H]4C(=O)N(c5ccc(C)c(Cl)c5)C(=O)[C@@H]4[C@@H]3C[C@H]3C(=O)N(c4ccc(C)c(Cl)c4)C(=O)[C@@H]23)ccc1O. The number of amides is 4. The van der Waals surface area contributed by atoms with E-state index in [9.17, 15) is 24.3 Å². The molecule has 0 radical (unpaired) electrons. The van der Waals surface area contributed by atoms with Gasteiger partial charge in [-0.2, -0.15) is 0 Å². The van der Waals surface area contributed by atoms with Crippen LogP contribution in [0.15, 0.2) is 72.3 Å². The Balaban J connectivity index is 1.30. The number of carbonyl (C=O) groups is 4. The third-order valence-electron chi connectivity index (χ3n) is 10.2. The number of nitrogens with zero attached hydrogens (tertiary/aromatic N) is 2. The fourth-order valence-corrected chi connectivity index (χ4v) is 8.16. The van der Waals surface area contributed by atoms with Gasteiger partial charge in [-0.3, -0.25) is 19.2 Å². The molecule has 240 valence electrons. The number of hydrogen-bond acceptors (Lipinski definition) is 6. The Morgan fingerprint density at radius 3 is 1.96 bits per heavy atom. The lowest BCUT2D eigenvalue weighted by molar-refractivity contribution is -0.126. The van der Waals surface area contributed by atoms with Crippen LogP contribution in [0.25, 0.3) is 6.08 Å². The molecule has 0 spiro atoms. The predicted molar refractivity (Wildman–Crippen MR) is 179 cm³/mol. The molecule has 1 saturated carbocycles. The number of methoxy groups -OCH3 is 1. The number of fused-ring (bicyclic) bond motifs is 4. The molecule has 2 saturated heterocycles. The normalized spacial score (nSPS) is 26.9. The van der Waals surface area contributed by atoms with Crippen molar-refractivity contribution in [1.82, 2.24) is 0 Å². The smallest absolute Gasteiger partial charge is 0.238 e. The van der Waals surface area contributed by atoms with Gasteiger partial charge in [-0.1, -0.05) is 65.2 Å². The van der Waals surface area contributed by atoms with Crippen molar-refractivity contribution in [2.45, 2.75) is 26.7 Å². The van der Waals surface area contributed by atoms with Crippen LogP contribution in [0.2, 0.25) is 10.0 Å². The minimum absolute atomic E-state index is 0.00345. The van der Waals surface area contributed by atoms with E-state index in [0.717, 1.165) is 22.3 Å². The summed E-state index contributed by atoms with van der Waals surface area (Å²) < 4.78 is 5.28. The minimum Gasteiger partial charge on any atom is -0.504 e. The van der Waals surface area contributed by atoms with E-state index in [4.69, 9.17) is 27.9 Å². The second-order valence-electron chi connectivity index (χ2n) is 12.8. The lowest BCUT2D eigenvalue weighted by Gasteiger charge is -2.42. The average Bonchev–Trinajstić information content (AvgIpc) is 3.46. The average molecular weight is 672 g/mol. The van der Waals surface area contributed by atoms with Crippen LogP contribution in [0.1, 0.15) is 29.5 Å². The van der Waals surface area contributed by atoms with E-state index in [2.05, 4.69) is 0 Å². The summed E-state index contributed by atoms with van der Waals surface area (Å²) in [4.78, 5) is 58.8. The fraction of sp³-hybridized carbons (Fsp3) is 0.297. The second-order valence-corrected chi connectivity index (χ2v) is 13.6. The van der Waals surface area contributed by atoms with E-state index in [1.807, 2.05) is 32.1 Å². The summed E-state index contributed by atoms with van der Waals surface area (Å²) in [6.45, 7) is 3.70. The molecule has 2 aliphatic carbocycles. The Labute approximate surface area is 282 Å². The Kier molecular flexibility index (Phi) is 7.76. The standard InChI is InChI=1S/C37H32Cl2N2O6/c1-18-4-8-21(15-28(18)38)40-34(43)25-12-11-23-24(10-6-20-7-13-30(42)31(14-20)47-3)32-27(17-26(23)33(25)37(40)46)35(44)41(36(32)45)22-9-5-19(2)29(39)16-22/h4-11,13-16,24-27,32-33,42H,12,17H2,1-3H3/t24-,25-,26+,27+,32-,33-/m0/s1. The van der Waals surface area contributed by atoms with Gasteiger partial charge in [0.15, 0.2) is 11.5 Å². The number of hydrogen-bond donors (Lipinski definition) is 1. The Hall–Kier alpha value is -4.40. The Morgan fingerprint density at radius 1 is 0.766 bits per heavy atom. The van der Waals surface area contributed by atoms with Crippen LogP contribution in [0, 0.1) is 49.4 Å². The molecule has 1 N–H and O–H groups in total. The number of aryl methyl sites for hydroxylation is 2. The quantitative estimate of drug-likeness (QED) is 0.234. The third-order valence-corrected chi connectivity index (χ3v) is 11.0.